The van der Waals surface area contributed by atoms with E-state index in [1.807, 2.05) is 26.0 Å². The van der Waals surface area contributed by atoms with Crippen LogP contribution in [0.15, 0.2) is 64.8 Å². The van der Waals surface area contributed by atoms with Gasteiger partial charge in [-0.15, -0.1) is 11.7 Å². The Balaban J connectivity index is 1.52. The third-order valence-electron chi connectivity index (χ3n) is 6.35. The lowest BCUT2D eigenvalue weighted by Gasteiger charge is -2.33. The summed E-state index contributed by atoms with van der Waals surface area (Å²) >= 11 is 0. The van der Waals surface area contributed by atoms with E-state index < -0.39 is 0 Å². The lowest BCUT2D eigenvalue weighted by atomic mass is 10.2. The van der Waals surface area contributed by atoms with E-state index in [-0.39, 0.29) is 23.7 Å². The van der Waals surface area contributed by atoms with E-state index in [0.29, 0.717) is 28.8 Å². The fourth-order valence-corrected chi connectivity index (χ4v) is 4.56. The van der Waals surface area contributed by atoms with Gasteiger partial charge in [-0.05, 0) is 51.1 Å². The Morgan fingerprint density at radius 1 is 1.19 bits per heavy atom. The molecule has 2 N–H and O–H groups in total. The SMILES string of the molecule is C=CCn1c(=O)c2cnc(Nc3ccc(N4CCN[C@@H](C)C4)cc3)nc2n1-c1ccc(=O)n(C(C)C)n1. The quantitative estimate of drug-likeness (QED) is 0.371. The summed E-state index contributed by atoms with van der Waals surface area (Å²) in [6.07, 6.45) is 3.14. The van der Waals surface area contributed by atoms with Gasteiger partial charge in [0.1, 0.15) is 5.39 Å². The Hall–Kier alpha value is -4.25. The van der Waals surface area contributed by atoms with E-state index in [1.54, 1.807) is 16.8 Å². The van der Waals surface area contributed by atoms with Gasteiger partial charge in [-0.25, -0.2) is 19.0 Å². The maximum Gasteiger partial charge on any atom is 0.278 e. The number of aromatic nitrogens is 6. The van der Waals surface area contributed by atoms with Crippen molar-refractivity contribution < 1.29 is 0 Å². The van der Waals surface area contributed by atoms with Crippen molar-refractivity contribution in [2.75, 3.05) is 29.9 Å². The molecular formula is C26H31N9O2. The van der Waals surface area contributed by atoms with Crippen LogP contribution in [-0.2, 0) is 6.54 Å². The Morgan fingerprint density at radius 2 is 1.97 bits per heavy atom. The molecule has 11 nitrogen and oxygen atoms in total. The van der Waals surface area contributed by atoms with Crippen molar-refractivity contribution in [1.82, 2.24) is 34.4 Å². The van der Waals surface area contributed by atoms with Crippen molar-refractivity contribution in [3.05, 3.63) is 76.0 Å². The Kier molecular flexibility index (Phi) is 6.62. The van der Waals surface area contributed by atoms with Gasteiger partial charge in [0.25, 0.3) is 11.1 Å². The number of anilines is 3. The summed E-state index contributed by atoms with van der Waals surface area (Å²) in [5, 5.41) is 11.5. The number of nitrogens with one attached hydrogen (secondary N) is 2. The summed E-state index contributed by atoms with van der Waals surface area (Å²) in [5.74, 6) is 0.749. The molecule has 0 bridgehead atoms. The maximum absolute atomic E-state index is 13.2. The molecule has 1 aromatic carbocycles. The normalized spacial score (nSPS) is 15.9. The summed E-state index contributed by atoms with van der Waals surface area (Å²) in [7, 11) is 0. The topological polar surface area (TPSA) is 115 Å². The van der Waals surface area contributed by atoms with Crippen LogP contribution in [0, 0.1) is 0 Å². The van der Waals surface area contributed by atoms with Crippen LogP contribution in [0.1, 0.15) is 26.8 Å². The smallest absolute Gasteiger partial charge is 0.278 e. The number of benzene rings is 1. The summed E-state index contributed by atoms with van der Waals surface area (Å²) in [4.78, 5) is 36.9. The number of nitrogens with zero attached hydrogens (tertiary/aromatic N) is 7. The summed E-state index contributed by atoms with van der Waals surface area (Å²) in [6.45, 7) is 12.8. The molecule has 0 radical (unpaired) electrons. The van der Waals surface area contributed by atoms with Gasteiger partial charge in [-0.3, -0.25) is 9.59 Å². The predicted molar refractivity (Wildman–Crippen MR) is 145 cm³/mol. The molecule has 37 heavy (non-hydrogen) atoms. The number of hydrogen-bond acceptors (Lipinski definition) is 8. The average molecular weight is 502 g/mol. The van der Waals surface area contributed by atoms with Crippen LogP contribution in [0.3, 0.4) is 0 Å². The molecule has 1 atom stereocenters. The zero-order chi connectivity index (χ0) is 26.1. The minimum atomic E-state index is -0.264. The molecule has 1 aliphatic rings. The molecule has 11 heteroatoms. The maximum atomic E-state index is 13.2. The fraction of sp³-hybridized carbons (Fsp3) is 0.346. The van der Waals surface area contributed by atoms with Crippen molar-refractivity contribution in [2.45, 2.75) is 39.4 Å². The molecule has 4 heterocycles. The van der Waals surface area contributed by atoms with Crippen LogP contribution in [0.5, 0.6) is 0 Å². The first-order chi connectivity index (χ1) is 17.9. The molecule has 1 fully saturated rings. The molecule has 192 valence electrons. The number of piperazine rings is 1. The monoisotopic (exact) mass is 501 g/mol. The summed E-state index contributed by atoms with van der Waals surface area (Å²) in [6, 6.07) is 11.5. The highest BCUT2D eigenvalue weighted by atomic mass is 16.1. The molecule has 0 amide bonds. The fourth-order valence-electron chi connectivity index (χ4n) is 4.56. The van der Waals surface area contributed by atoms with Crippen molar-refractivity contribution >= 4 is 28.4 Å². The van der Waals surface area contributed by atoms with Gasteiger partial charge in [0.2, 0.25) is 5.95 Å². The minimum absolute atomic E-state index is 0.145. The molecule has 0 aliphatic carbocycles. The van der Waals surface area contributed by atoms with Gasteiger partial charge in [0.05, 0.1) is 12.6 Å². The number of rotatable bonds is 7. The van der Waals surface area contributed by atoms with Gasteiger partial charge in [-0.1, -0.05) is 6.08 Å². The van der Waals surface area contributed by atoms with Crippen molar-refractivity contribution in [3.63, 3.8) is 0 Å². The van der Waals surface area contributed by atoms with Crippen LogP contribution in [0.2, 0.25) is 0 Å². The average Bonchev–Trinajstić information content (AvgIpc) is 3.15. The van der Waals surface area contributed by atoms with E-state index in [2.05, 4.69) is 56.2 Å². The van der Waals surface area contributed by atoms with Gasteiger partial charge in [0.15, 0.2) is 11.5 Å². The largest absolute Gasteiger partial charge is 0.369 e. The van der Waals surface area contributed by atoms with Crippen LogP contribution >= 0.6 is 0 Å². The Bertz CT molecular complexity index is 1550. The molecule has 1 aliphatic heterocycles. The standard InChI is InChI=1S/C26H31N9O2/c1-5-13-33-25(37)21-15-28-26(29-19-6-8-20(9-7-19)32-14-12-27-18(4)16-32)30-24(21)35(33)22-10-11-23(36)34(31-22)17(2)3/h5-11,15,17-18,27H,1,12-14,16H2,2-4H3,(H,28,29,30)/t18-/m0/s1. The number of hydrogen-bond donors (Lipinski definition) is 2. The van der Waals surface area contributed by atoms with E-state index >= 15 is 0 Å². The van der Waals surface area contributed by atoms with Crippen molar-refractivity contribution in [1.29, 1.82) is 0 Å². The molecular weight excluding hydrogens is 470 g/mol. The van der Waals surface area contributed by atoms with Crippen LogP contribution in [0.25, 0.3) is 16.9 Å². The van der Waals surface area contributed by atoms with Crippen molar-refractivity contribution in [2.24, 2.45) is 0 Å². The second kappa shape index (κ2) is 10.0. The molecule has 1 saturated heterocycles. The van der Waals surface area contributed by atoms with E-state index in [4.69, 9.17) is 0 Å². The highest BCUT2D eigenvalue weighted by molar-refractivity contribution is 5.77. The van der Waals surface area contributed by atoms with Gasteiger partial charge in [0, 0.05) is 49.3 Å². The van der Waals surface area contributed by atoms with Gasteiger partial charge < -0.3 is 15.5 Å². The molecule has 0 spiro atoms. The number of allylic oxidation sites excluding steroid dienone is 1. The zero-order valence-electron chi connectivity index (χ0n) is 21.3. The highest BCUT2D eigenvalue weighted by Crippen LogP contribution is 2.22. The second-order valence-corrected chi connectivity index (χ2v) is 9.46. The molecule has 0 saturated carbocycles. The summed E-state index contributed by atoms with van der Waals surface area (Å²) in [5.41, 5.74) is 1.90. The first-order valence-electron chi connectivity index (χ1n) is 12.4. The second-order valence-electron chi connectivity index (χ2n) is 9.46. The first-order valence-corrected chi connectivity index (χ1v) is 12.4. The molecule has 4 aromatic rings. The first kappa shape index (κ1) is 24.4. The third kappa shape index (κ3) is 4.77. The molecule has 0 unspecified atom stereocenters. The van der Waals surface area contributed by atoms with Crippen molar-refractivity contribution in [3.8, 4) is 5.82 Å². The highest BCUT2D eigenvalue weighted by Gasteiger charge is 2.19. The summed E-state index contributed by atoms with van der Waals surface area (Å²) < 4.78 is 4.47. The Labute approximate surface area is 214 Å². The van der Waals surface area contributed by atoms with Gasteiger partial charge in [-0.2, -0.15) is 4.98 Å². The van der Waals surface area contributed by atoms with E-state index in [0.717, 1.165) is 31.0 Å². The van der Waals surface area contributed by atoms with E-state index in [1.165, 1.54) is 21.6 Å². The molecule has 5 rings (SSSR count). The zero-order valence-corrected chi connectivity index (χ0v) is 21.3. The van der Waals surface area contributed by atoms with Crippen LogP contribution in [0.4, 0.5) is 17.3 Å². The lowest BCUT2D eigenvalue weighted by molar-refractivity contribution is 0.485. The molecule has 3 aromatic heterocycles. The Morgan fingerprint density at radius 3 is 2.68 bits per heavy atom. The third-order valence-corrected chi connectivity index (χ3v) is 6.35. The van der Waals surface area contributed by atoms with E-state index in [9.17, 15) is 9.59 Å². The predicted octanol–water partition coefficient (Wildman–Crippen LogP) is 2.45. The number of fused-ring (bicyclic) bond motifs is 1. The van der Waals surface area contributed by atoms with Crippen LogP contribution in [-0.4, -0.2) is 54.8 Å². The minimum Gasteiger partial charge on any atom is -0.369 e. The lowest BCUT2D eigenvalue weighted by Crippen LogP contribution is -2.49. The van der Waals surface area contributed by atoms with Gasteiger partial charge >= 0.3 is 0 Å². The van der Waals surface area contributed by atoms with Crippen LogP contribution < -0.4 is 26.7 Å².